The lowest BCUT2D eigenvalue weighted by atomic mass is 9.98. The van der Waals surface area contributed by atoms with Crippen LogP contribution in [-0.4, -0.2) is 42.3 Å². The summed E-state index contributed by atoms with van der Waals surface area (Å²) in [6, 6.07) is 15.6. The molecule has 0 saturated heterocycles. The van der Waals surface area contributed by atoms with E-state index >= 15 is 0 Å². The Morgan fingerprint density at radius 3 is 2.24 bits per heavy atom. The number of ether oxygens (including phenoxy) is 1. The standard InChI is InChI=1S/C27H32N2O5/c1-2-24(26(32)28-15-18-12-11-17(13-18)14-25(30)31)29-27(33)34-16-23-21-9-5-3-7-19(21)20-8-4-6-10-22(20)23/h3-10,17-18,23-24H,2,11-16H2,1H3,(H,28,32)(H,29,33)(H,30,31). The van der Waals surface area contributed by atoms with E-state index in [1.807, 2.05) is 31.2 Å². The minimum atomic E-state index is -0.770. The summed E-state index contributed by atoms with van der Waals surface area (Å²) >= 11 is 0. The fourth-order valence-electron chi connectivity index (χ4n) is 5.30. The van der Waals surface area contributed by atoms with Crippen LogP contribution < -0.4 is 10.6 Å². The first-order valence-electron chi connectivity index (χ1n) is 12.1. The number of amides is 2. The molecule has 3 N–H and O–H groups in total. The van der Waals surface area contributed by atoms with E-state index in [1.165, 1.54) is 0 Å². The van der Waals surface area contributed by atoms with Crippen LogP contribution in [-0.2, 0) is 14.3 Å². The number of aliphatic carboxylic acids is 1. The summed E-state index contributed by atoms with van der Waals surface area (Å²) in [5.74, 6) is -0.584. The van der Waals surface area contributed by atoms with E-state index in [9.17, 15) is 14.4 Å². The molecule has 2 aromatic rings. The quantitative estimate of drug-likeness (QED) is 0.513. The fraction of sp³-hybridized carbons (Fsp3) is 0.444. The van der Waals surface area contributed by atoms with E-state index in [0.717, 1.165) is 41.5 Å². The van der Waals surface area contributed by atoms with Gasteiger partial charge in [0, 0.05) is 18.9 Å². The van der Waals surface area contributed by atoms with Crippen LogP contribution in [0.1, 0.15) is 56.1 Å². The third-order valence-corrected chi connectivity index (χ3v) is 7.04. The molecule has 4 rings (SSSR count). The summed E-state index contributed by atoms with van der Waals surface area (Å²) in [5.41, 5.74) is 4.60. The zero-order valence-corrected chi connectivity index (χ0v) is 19.5. The minimum absolute atomic E-state index is 0.0341. The highest BCUT2D eigenvalue weighted by molar-refractivity contribution is 5.85. The van der Waals surface area contributed by atoms with Gasteiger partial charge in [-0.2, -0.15) is 0 Å². The number of carboxylic acid groups (broad SMARTS) is 1. The van der Waals surface area contributed by atoms with Crippen molar-refractivity contribution in [1.82, 2.24) is 10.6 Å². The average Bonchev–Trinajstić information content (AvgIpc) is 3.41. The Balaban J connectivity index is 1.27. The van der Waals surface area contributed by atoms with Gasteiger partial charge in [0.25, 0.3) is 0 Å². The SMILES string of the molecule is CCC(NC(=O)OCC1c2ccccc2-c2ccccc21)C(=O)NCC1CCC(CC(=O)O)C1. The molecule has 1 fully saturated rings. The highest BCUT2D eigenvalue weighted by atomic mass is 16.5. The van der Waals surface area contributed by atoms with Crippen molar-refractivity contribution in [3.8, 4) is 11.1 Å². The molecule has 0 aliphatic heterocycles. The van der Waals surface area contributed by atoms with Crippen LogP contribution in [0.3, 0.4) is 0 Å². The highest BCUT2D eigenvalue weighted by Crippen LogP contribution is 2.44. The van der Waals surface area contributed by atoms with Gasteiger partial charge in [0.15, 0.2) is 0 Å². The van der Waals surface area contributed by atoms with Gasteiger partial charge < -0.3 is 20.5 Å². The Labute approximate surface area is 199 Å². The predicted molar refractivity (Wildman–Crippen MR) is 128 cm³/mol. The summed E-state index contributed by atoms with van der Waals surface area (Å²) < 4.78 is 5.57. The summed E-state index contributed by atoms with van der Waals surface area (Å²) in [4.78, 5) is 36.1. The normalized spacial score (nSPS) is 19.7. The van der Waals surface area contributed by atoms with Gasteiger partial charge in [-0.25, -0.2) is 4.79 Å². The molecule has 7 nitrogen and oxygen atoms in total. The van der Waals surface area contributed by atoms with Crippen molar-refractivity contribution in [1.29, 1.82) is 0 Å². The van der Waals surface area contributed by atoms with Crippen LogP contribution in [0.2, 0.25) is 0 Å². The van der Waals surface area contributed by atoms with Crippen LogP contribution in [0, 0.1) is 11.8 Å². The molecule has 180 valence electrons. The Bertz CT molecular complexity index is 1010. The van der Waals surface area contributed by atoms with E-state index in [4.69, 9.17) is 9.84 Å². The molecule has 2 aromatic carbocycles. The molecule has 0 spiro atoms. The molecule has 7 heteroatoms. The molecule has 1 saturated carbocycles. The highest BCUT2D eigenvalue weighted by Gasteiger charge is 2.30. The van der Waals surface area contributed by atoms with Crippen molar-refractivity contribution in [2.75, 3.05) is 13.2 Å². The lowest BCUT2D eigenvalue weighted by Crippen LogP contribution is -2.47. The molecule has 0 radical (unpaired) electrons. The van der Waals surface area contributed by atoms with Crippen LogP contribution in [0.5, 0.6) is 0 Å². The first kappa shape index (κ1) is 23.8. The van der Waals surface area contributed by atoms with Crippen molar-refractivity contribution < 1.29 is 24.2 Å². The third-order valence-electron chi connectivity index (χ3n) is 7.04. The molecule has 34 heavy (non-hydrogen) atoms. The number of hydrogen-bond donors (Lipinski definition) is 3. The predicted octanol–water partition coefficient (Wildman–Crippen LogP) is 4.31. The van der Waals surface area contributed by atoms with Gasteiger partial charge in [-0.05, 0) is 59.8 Å². The molecule has 0 bridgehead atoms. The largest absolute Gasteiger partial charge is 0.481 e. The number of fused-ring (bicyclic) bond motifs is 3. The second-order valence-corrected chi connectivity index (χ2v) is 9.32. The van der Waals surface area contributed by atoms with Crippen molar-refractivity contribution in [3.63, 3.8) is 0 Å². The van der Waals surface area contributed by atoms with Crippen molar-refractivity contribution in [2.45, 2.75) is 51.0 Å². The minimum Gasteiger partial charge on any atom is -0.481 e. The lowest BCUT2D eigenvalue weighted by Gasteiger charge is -2.20. The lowest BCUT2D eigenvalue weighted by molar-refractivity contribution is -0.138. The van der Waals surface area contributed by atoms with Gasteiger partial charge in [0.2, 0.25) is 5.91 Å². The number of alkyl carbamates (subject to hydrolysis) is 1. The Hall–Kier alpha value is -3.35. The maximum absolute atomic E-state index is 12.6. The second kappa shape index (κ2) is 10.7. The van der Waals surface area contributed by atoms with Gasteiger partial charge >= 0.3 is 12.1 Å². The van der Waals surface area contributed by atoms with E-state index in [2.05, 4.69) is 34.9 Å². The van der Waals surface area contributed by atoms with Gasteiger partial charge in [-0.15, -0.1) is 0 Å². The molecule has 2 amide bonds. The molecule has 2 aliphatic rings. The Morgan fingerprint density at radius 1 is 1.00 bits per heavy atom. The first-order chi connectivity index (χ1) is 16.5. The van der Waals surface area contributed by atoms with E-state index in [0.29, 0.717) is 13.0 Å². The Kier molecular flexibility index (Phi) is 7.50. The number of rotatable bonds is 9. The average molecular weight is 465 g/mol. The molecule has 3 atom stereocenters. The zero-order valence-electron chi connectivity index (χ0n) is 19.5. The van der Waals surface area contributed by atoms with E-state index < -0.39 is 18.1 Å². The van der Waals surface area contributed by atoms with Gasteiger partial charge in [-0.3, -0.25) is 9.59 Å². The summed E-state index contributed by atoms with van der Waals surface area (Å²) in [5, 5.41) is 14.6. The number of carboxylic acids is 1. The maximum atomic E-state index is 12.6. The smallest absolute Gasteiger partial charge is 0.407 e. The monoisotopic (exact) mass is 464 g/mol. The zero-order chi connectivity index (χ0) is 24.1. The molecule has 0 aromatic heterocycles. The van der Waals surface area contributed by atoms with E-state index in [-0.39, 0.29) is 36.7 Å². The van der Waals surface area contributed by atoms with Gasteiger partial charge in [0.1, 0.15) is 12.6 Å². The maximum Gasteiger partial charge on any atom is 0.407 e. The number of carbonyl (C=O) groups is 3. The fourth-order valence-corrected chi connectivity index (χ4v) is 5.30. The van der Waals surface area contributed by atoms with Gasteiger partial charge in [0.05, 0.1) is 0 Å². The first-order valence-corrected chi connectivity index (χ1v) is 12.1. The Morgan fingerprint density at radius 2 is 1.62 bits per heavy atom. The number of carbonyl (C=O) groups excluding carboxylic acids is 2. The molecular formula is C27H32N2O5. The molecule has 2 aliphatic carbocycles. The topological polar surface area (TPSA) is 105 Å². The number of nitrogens with one attached hydrogen (secondary N) is 2. The summed E-state index contributed by atoms with van der Waals surface area (Å²) in [7, 11) is 0. The summed E-state index contributed by atoms with van der Waals surface area (Å²) in [6.07, 6.45) is 2.62. The van der Waals surface area contributed by atoms with Crippen molar-refractivity contribution >= 4 is 18.0 Å². The van der Waals surface area contributed by atoms with Crippen molar-refractivity contribution in [3.05, 3.63) is 59.7 Å². The number of hydrogen-bond acceptors (Lipinski definition) is 4. The van der Waals surface area contributed by atoms with Crippen LogP contribution in [0.25, 0.3) is 11.1 Å². The second-order valence-electron chi connectivity index (χ2n) is 9.32. The van der Waals surface area contributed by atoms with Crippen LogP contribution >= 0.6 is 0 Å². The number of benzene rings is 2. The van der Waals surface area contributed by atoms with Crippen LogP contribution in [0.15, 0.2) is 48.5 Å². The molecular weight excluding hydrogens is 432 g/mol. The van der Waals surface area contributed by atoms with Crippen molar-refractivity contribution in [2.24, 2.45) is 11.8 Å². The summed E-state index contributed by atoms with van der Waals surface area (Å²) in [6.45, 7) is 2.54. The van der Waals surface area contributed by atoms with Gasteiger partial charge in [-0.1, -0.05) is 55.5 Å². The van der Waals surface area contributed by atoms with E-state index in [1.54, 1.807) is 0 Å². The van der Waals surface area contributed by atoms with Crippen LogP contribution in [0.4, 0.5) is 4.79 Å². The third kappa shape index (κ3) is 5.41. The molecule has 0 heterocycles. The molecule has 3 unspecified atom stereocenters.